The number of carbonyl (C=O) groups is 1. The van der Waals surface area contributed by atoms with Crippen molar-refractivity contribution in [2.24, 2.45) is 0 Å². The van der Waals surface area contributed by atoms with Crippen LogP contribution in [0, 0.1) is 6.92 Å². The van der Waals surface area contributed by atoms with Crippen molar-refractivity contribution in [3.8, 4) is 11.5 Å². The molecule has 0 saturated heterocycles. The molecule has 0 bridgehead atoms. The van der Waals surface area contributed by atoms with Gasteiger partial charge in [0.2, 0.25) is 5.78 Å². The number of hydrogen-bond acceptors (Lipinski definition) is 4. The maximum absolute atomic E-state index is 13.1. The Morgan fingerprint density at radius 2 is 1.80 bits per heavy atom. The Bertz CT molecular complexity index is 944. The predicted octanol–water partition coefficient (Wildman–Crippen LogP) is 6.37. The van der Waals surface area contributed by atoms with Crippen LogP contribution in [0.2, 0.25) is 5.02 Å². The summed E-state index contributed by atoms with van der Waals surface area (Å²) in [6.45, 7) is 8.64. The highest BCUT2D eigenvalue weighted by Crippen LogP contribution is 2.42. The minimum atomic E-state index is -0.169. The van der Waals surface area contributed by atoms with Gasteiger partial charge in [-0.3, -0.25) is 9.69 Å². The topological polar surface area (TPSA) is 49.8 Å². The van der Waals surface area contributed by atoms with E-state index in [2.05, 4.69) is 18.7 Å². The molecule has 2 aromatic carbocycles. The third-order valence-electron chi connectivity index (χ3n) is 5.45. The summed E-state index contributed by atoms with van der Waals surface area (Å²) in [5.74, 6) is 0.726. The molecule has 2 aromatic rings. The Labute approximate surface area is 184 Å². The second-order valence-corrected chi connectivity index (χ2v) is 8.25. The van der Waals surface area contributed by atoms with Crippen LogP contribution in [0.4, 0.5) is 0 Å². The van der Waals surface area contributed by atoms with Crippen molar-refractivity contribution >= 4 is 23.5 Å². The molecule has 0 aliphatic carbocycles. The van der Waals surface area contributed by atoms with Crippen LogP contribution in [0.1, 0.15) is 66.6 Å². The summed E-state index contributed by atoms with van der Waals surface area (Å²) in [5.41, 5.74) is 2.66. The van der Waals surface area contributed by atoms with Gasteiger partial charge in [-0.1, -0.05) is 56.5 Å². The molecule has 1 N–H and O–H groups in total. The van der Waals surface area contributed by atoms with Crippen molar-refractivity contribution < 1.29 is 14.6 Å². The minimum absolute atomic E-state index is 0.169. The van der Waals surface area contributed by atoms with Crippen LogP contribution in [0.5, 0.6) is 11.5 Å². The summed E-state index contributed by atoms with van der Waals surface area (Å²) in [5, 5.41) is 11.3. The Hall–Kier alpha value is -2.30. The van der Waals surface area contributed by atoms with E-state index < -0.39 is 0 Å². The zero-order valence-corrected chi connectivity index (χ0v) is 18.8. The molecule has 0 unspecified atom stereocenters. The number of hydrogen-bond donors (Lipinski definition) is 1. The van der Waals surface area contributed by atoms with Gasteiger partial charge in [-0.25, -0.2) is 0 Å². The normalized spacial score (nSPS) is 14.4. The zero-order chi connectivity index (χ0) is 21.7. The number of carbonyl (C=O) groups excluding carboxylic acids is 1. The van der Waals surface area contributed by atoms with E-state index in [1.165, 1.54) is 0 Å². The fraction of sp³-hybridized carbons (Fsp3) is 0.400. The van der Waals surface area contributed by atoms with Crippen LogP contribution in [-0.4, -0.2) is 28.9 Å². The maximum Gasteiger partial charge on any atom is 0.232 e. The number of aryl methyl sites for hydroxylation is 1. The molecule has 0 radical (unpaired) electrons. The first kappa shape index (κ1) is 22.4. The second kappa shape index (κ2) is 10.1. The Morgan fingerprint density at radius 1 is 1.13 bits per heavy atom. The van der Waals surface area contributed by atoms with Gasteiger partial charge in [-0.05, 0) is 62.2 Å². The van der Waals surface area contributed by atoms with E-state index in [4.69, 9.17) is 16.3 Å². The highest BCUT2D eigenvalue weighted by atomic mass is 35.5. The first-order chi connectivity index (χ1) is 14.5. The number of halogens is 1. The lowest BCUT2D eigenvalue weighted by Crippen LogP contribution is -2.26. The first-order valence-electron chi connectivity index (χ1n) is 10.7. The third-order valence-corrected chi connectivity index (χ3v) is 5.79. The van der Waals surface area contributed by atoms with Gasteiger partial charge in [-0.15, -0.1) is 0 Å². The number of fused-ring (bicyclic) bond motifs is 1. The van der Waals surface area contributed by atoms with E-state index in [1.807, 2.05) is 25.1 Å². The third kappa shape index (κ3) is 4.88. The summed E-state index contributed by atoms with van der Waals surface area (Å²) in [4.78, 5) is 15.4. The summed E-state index contributed by atoms with van der Waals surface area (Å²) in [6.07, 6.45) is 6.09. The molecule has 0 atom stereocenters. The van der Waals surface area contributed by atoms with Crippen LogP contribution >= 0.6 is 11.6 Å². The van der Waals surface area contributed by atoms with Gasteiger partial charge in [-0.2, -0.15) is 0 Å². The number of ether oxygens (including phenoxy) is 1. The van der Waals surface area contributed by atoms with Gasteiger partial charge in [0.1, 0.15) is 11.5 Å². The van der Waals surface area contributed by atoms with Crippen LogP contribution in [0.3, 0.4) is 0 Å². The van der Waals surface area contributed by atoms with Gasteiger partial charge >= 0.3 is 0 Å². The second-order valence-electron chi connectivity index (χ2n) is 7.84. The number of ketones is 1. The smallest absolute Gasteiger partial charge is 0.232 e. The minimum Gasteiger partial charge on any atom is -0.507 e. The molecule has 30 heavy (non-hydrogen) atoms. The van der Waals surface area contributed by atoms with E-state index in [-0.39, 0.29) is 17.3 Å². The van der Waals surface area contributed by atoms with Gasteiger partial charge in [0.15, 0.2) is 5.76 Å². The molecular formula is C25H30ClNO3. The van der Waals surface area contributed by atoms with Crippen LogP contribution in [-0.2, 0) is 6.54 Å². The van der Waals surface area contributed by atoms with E-state index in [0.717, 1.165) is 44.3 Å². The quantitative estimate of drug-likeness (QED) is 0.472. The molecule has 4 nitrogen and oxygen atoms in total. The Kier molecular flexibility index (Phi) is 7.57. The molecule has 0 saturated carbocycles. The summed E-state index contributed by atoms with van der Waals surface area (Å²) < 4.78 is 6.05. The number of aromatic hydroxyl groups is 1. The molecule has 1 aliphatic rings. The van der Waals surface area contributed by atoms with Gasteiger partial charge in [0, 0.05) is 11.6 Å². The highest BCUT2D eigenvalue weighted by Gasteiger charge is 2.33. The number of benzene rings is 2. The number of nitrogens with zero attached hydrogens (tertiary/aromatic N) is 1. The van der Waals surface area contributed by atoms with Crippen LogP contribution < -0.4 is 4.74 Å². The first-order valence-corrected chi connectivity index (χ1v) is 11.1. The van der Waals surface area contributed by atoms with Crippen molar-refractivity contribution in [3.63, 3.8) is 0 Å². The van der Waals surface area contributed by atoms with Crippen LogP contribution in [0.15, 0.2) is 36.1 Å². The van der Waals surface area contributed by atoms with Crippen molar-refractivity contribution in [3.05, 3.63) is 63.4 Å². The summed E-state index contributed by atoms with van der Waals surface area (Å²) in [7, 11) is 0. The van der Waals surface area contributed by atoms with E-state index in [0.29, 0.717) is 34.0 Å². The number of Topliss-reactive ketones (excluding diaryl/α,β-unsaturated/α-hetero) is 1. The highest BCUT2D eigenvalue weighted by molar-refractivity contribution is 6.32. The number of phenols is 1. The maximum atomic E-state index is 13.1. The molecule has 0 spiro atoms. The predicted molar refractivity (Wildman–Crippen MR) is 122 cm³/mol. The molecule has 160 valence electrons. The summed E-state index contributed by atoms with van der Waals surface area (Å²) in [6, 6.07) is 9.01. The van der Waals surface area contributed by atoms with Crippen molar-refractivity contribution in [2.45, 2.75) is 53.0 Å². The summed E-state index contributed by atoms with van der Waals surface area (Å²) >= 11 is 6.26. The van der Waals surface area contributed by atoms with Crippen molar-refractivity contribution in [1.82, 2.24) is 4.90 Å². The Balaban J connectivity index is 1.96. The average Bonchev–Trinajstić information content (AvgIpc) is 3.05. The van der Waals surface area contributed by atoms with E-state index in [9.17, 15) is 9.90 Å². The van der Waals surface area contributed by atoms with Gasteiger partial charge in [0.25, 0.3) is 0 Å². The Morgan fingerprint density at radius 3 is 2.43 bits per heavy atom. The molecule has 0 amide bonds. The number of rotatable bonds is 9. The molecule has 1 heterocycles. The van der Waals surface area contributed by atoms with Gasteiger partial charge in [0.05, 0.1) is 11.1 Å². The molecular weight excluding hydrogens is 398 g/mol. The van der Waals surface area contributed by atoms with E-state index >= 15 is 0 Å². The van der Waals surface area contributed by atoms with Crippen molar-refractivity contribution in [2.75, 3.05) is 13.1 Å². The lowest BCUT2D eigenvalue weighted by atomic mass is 9.99. The monoisotopic (exact) mass is 427 g/mol. The molecule has 5 heteroatoms. The SMILES string of the molecule is CCCCN(CCCC)Cc1c(O)cc(C)c2c1O/C(=C/c1ccccc1Cl)C2=O. The molecule has 1 aliphatic heterocycles. The van der Waals surface area contributed by atoms with Gasteiger partial charge < -0.3 is 9.84 Å². The number of phenolic OH excluding ortho intramolecular Hbond substituents is 1. The fourth-order valence-corrected chi connectivity index (χ4v) is 3.91. The lowest BCUT2D eigenvalue weighted by molar-refractivity contribution is 0.101. The fourth-order valence-electron chi connectivity index (χ4n) is 3.72. The standard InChI is InChI=1S/C25H30ClNO3/c1-4-6-12-27(13-7-5-2)16-19-21(28)14-17(3)23-24(29)22(30-25(19)23)15-18-10-8-9-11-20(18)26/h8-11,14-15,28H,4-7,12-13,16H2,1-3H3/b22-15+. The number of allylic oxidation sites excluding steroid dienone is 1. The van der Waals surface area contributed by atoms with Crippen molar-refractivity contribution in [1.29, 1.82) is 0 Å². The van der Waals surface area contributed by atoms with E-state index in [1.54, 1.807) is 18.2 Å². The molecule has 3 rings (SSSR count). The lowest BCUT2D eigenvalue weighted by Gasteiger charge is -2.23. The number of unbranched alkanes of at least 4 members (excludes halogenated alkanes) is 2. The molecule has 0 fully saturated rings. The largest absolute Gasteiger partial charge is 0.507 e. The van der Waals surface area contributed by atoms with Crippen LogP contribution in [0.25, 0.3) is 6.08 Å². The molecule has 0 aromatic heterocycles. The average molecular weight is 428 g/mol. The zero-order valence-electron chi connectivity index (χ0n) is 18.0.